The van der Waals surface area contributed by atoms with Gasteiger partial charge in [-0.2, -0.15) is 0 Å². The zero-order valence-corrected chi connectivity index (χ0v) is 14.9. The van der Waals surface area contributed by atoms with Gasteiger partial charge in [0, 0.05) is 45.3 Å². The topological polar surface area (TPSA) is 37.0 Å². The molecular weight excluding hydrogens is 302 g/mol. The van der Waals surface area contributed by atoms with Gasteiger partial charge in [-0.25, -0.2) is 0 Å². The van der Waals surface area contributed by atoms with E-state index in [1.54, 1.807) is 0 Å². The Balaban J connectivity index is 1.32. The summed E-state index contributed by atoms with van der Waals surface area (Å²) in [6, 6.07) is 8.72. The summed E-state index contributed by atoms with van der Waals surface area (Å²) >= 11 is 0. The molecule has 0 saturated carbocycles. The van der Waals surface area contributed by atoms with E-state index < -0.39 is 0 Å². The second-order valence-electron chi connectivity index (χ2n) is 6.69. The number of rotatable bonds is 8. The van der Waals surface area contributed by atoms with Crippen LogP contribution in [0.25, 0.3) is 0 Å². The van der Waals surface area contributed by atoms with Crippen LogP contribution in [-0.2, 0) is 0 Å². The van der Waals surface area contributed by atoms with Gasteiger partial charge in [-0.15, -0.1) is 0 Å². The minimum atomic E-state index is 0.750. The molecule has 0 aromatic heterocycles. The van der Waals surface area contributed by atoms with Crippen LogP contribution < -0.4 is 14.8 Å². The summed E-state index contributed by atoms with van der Waals surface area (Å²) in [7, 11) is 0. The van der Waals surface area contributed by atoms with Crippen LogP contribution in [0.15, 0.2) is 24.3 Å². The van der Waals surface area contributed by atoms with E-state index in [2.05, 4.69) is 22.0 Å². The van der Waals surface area contributed by atoms with Gasteiger partial charge in [0.15, 0.2) is 0 Å². The second-order valence-corrected chi connectivity index (χ2v) is 6.69. The van der Waals surface area contributed by atoms with Gasteiger partial charge in [0.2, 0.25) is 0 Å². The maximum atomic E-state index is 5.87. The molecule has 0 spiro atoms. The molecule has 0 amide bonds. The first-order valence-corrected chi connectivity index (χ1v) is 9.38. The van der Waals surface area contributed by atoms with Crippen LogP contribution in [0, 0.1) is 0 Å². The average Bonchev–Trinajstić information content (AvgIpc) is 3.16. The summed E-state index contributed by atoms with van der Waals surface area (Å²) in [5.74, 6) is 1.84. The van der Waals surface area contributed by atoms with Gasteiger partial charge >= 0.3 is 0 Å². The van der Waals surface area contributed by atoms with Crippen molar-refractivity contribution in [2.45, 2.75) is 25.8 Å². The second kappa shape index (κ2) is 9.25. The van der Waals surface area contributed by atoms with Crippen molar-refractivity contribution >= 4 is 0 Å². The lowest BCUT2D eigenvalue weighted by Gasteiger charge is -2.37. The van der Waals surface area contributed by atoms with Crippen LogP contribution in [0.5, 0.6) is 11.5 Å². The van der Waals surface area contributed by atoms with Gasteiger partial charge in [-0.05, 0) is 43.7 Å². The molecule has 1 aromatic rings. The molecule has 5 heteroatoms. The first kappa shape index (κ1) is 17.5. The van der Waals surface area contributed by atoms with Crippen molar-refractivity contribution in [1.82, 2.24) is 15.1 Å². The molecule has 2 fully saturated rings. The molecule has 24 heavy (non-hydrogen) atoms. The Hall–Kier alpha value is -1.30. The van der Waals surface area contributed by atoms with Crippen molar-refractivity contribution in [3.8, 4) is 11.5 Å². The Morgan fingerprint density at radius 3 is 2.25 bits per heavy atom. The highest BCUT2D eigenvalue weighted by molar-refractivity contribution is 5.31. The SMILES string of the molecule is CCCOc1ccc(OCCN2CCN(C3CCNC3)CC2)cc1. The summed E-state index contributed by atoms with van der Waals surface area (Å²) in [6.07, 6.45) is 2.34. The molecule has 2 aliphatic heterocycles. The number of nitrogens with zero attached hydrogens (tertiary/aromatic N) is 2. The van der Waals surface area contributed by atoms with Gasteiger partial charge in [-0.1, -0.05) is 6.92 Å². The van der Waals surface area contributed by atoms with Crippen molar-refractivity contribution < 1.29 is 9.47 Å². The van der Waals surface area contributed by atoms with E-state index in [0.717, 1.165) is 56.8 Å². The van der Waals surface area contributed by atoms with Gasteiger partial charge in [0.25, 0.3) is 0 Å². The number of benzene rings is 1. The van der Waals surface area contributed by atoms with Gasteiger partial charge in [0.1, 0.15) is 18.1 Å². The van der Waals surface area contributed by atoms with Crippen molar-refractivity contribution in [3.05, 3.63) is 24.3 Å². The van der Waals surface area contributed by atoms with Crippen molar-refractivity contribution in [3.63, 3.8) is 0 Å². The highest BCUT2D eigenvalue weighted by atomic mass is 16.5. The van der Waals surface area contributed by atoms with Crippen LogP contribution in [0.2, 0.25) is 0 Å². The Morgan fingerprint density at radius 1 is 1.00 bits per heavy atom. The molecule has 1 aromatic carbocycles. The van der Waals surface area contributed by atoms with Crippen molar-refractivity contribution in [2.75, 3.05) is 59.0 Å². The van der Waals surface area contributed by atoms with Crippen LogP contribution in [0.1, 0.15) is 19.8 Å². The van der Waals surface area contributed by atoms with E-state index in [1.807, 2.05) is 24.3 Å². The molecule has 2 aliphatic rings. The summed E-state index contributed by atoms with van der Waals surface area (Å²) in [5.41, 5.74) is 0. The third-order valence-corrected chi connectivity index (χ3v) is 4.93. The Kier molecular flexibility index (Phi) is 6.75. The number of piperazine rings is 1. The Bertz CT molecular complexity index is 466. The summed E-state index contributed by atoms with van der Waals surface area (Å²) in [6.45, 7) is 11.7. The number of hydrogen-bond acceptors (Lipinski definition) is 5. The lowest BCUT2D eigenvalue weighted by molar-refractivity contribution is 0.0921. The molecule has 0 radical (unpaired) electrons. The summed E-state index contributed by atoms with van der Waals surface area (Å²) in [5, 5.41) is 3.46. The van der Waals surface area contributed by atoms with E-state index in [9.17, 15) is 0 Å². The summed E-state index contributed by atoms with van der Waals surface area (Å²) < 4.78 is 11.5. The van der Waals surface area contributed by atoms with Gasteiger partial charge < -0.3 is 14.8 Å². The lowest BCUT2D eigenvalue weighted by Crippen LogP contribution is -2.51. The molecule has 5 nitrogen and oxygen atoms in total. The largest absolute Gasteiger partial charge is 0.494 e. The average molecular weight is 333 g/mol. The molecule has 2 heterocycles. The number of ether oxygens (including phenoxy) is 2. The van der Waals surface area contributed by atoms with Crippen LogP contribution in [0.4, 0.5) is 0 Å². The molecule has 134 valence electrons. The van der Waals surface area contributed by atoms with Crippen LogP contribution >= 0.6 is 0 Å². The van der Waals surface area contributed by atoms with Crippen LogP contribution in [-0.4, -0.2) is 74.9 Å². The molecule has 3 rings (SSSR count). The molecule has 0 bridgehead atoms. The molecule has 0 aliphatic carbocycles. The van der Waals surface area contributed by atoms with E-state index in [-0.39, 0.29) is 0 Å². The standard InChI is InChI=1S/C19H31N3O2/c1-2-14-23-18-3-5-19(6-4-18)24-15-13-21-9-11-22(12-10-21)17-7-8-20-16-17/h3-6,17,20H,2,7-16H2,1H3. The zero-order valence-electron chi connectivity index (χ0n) is 14.9. The first-order valence-electron chi connectivity index (χ1n) is 9.38. The highest BCUT2D eigenvalue weighted by Gasteiger charge is 2.25. The van der Waals surface area contributed by atoms with Gasteiger partial charge in [0.05, 0.1) is 6.61 Å². The summed E-state index contributed by atoms with van der Waals surface area (Å²) in [4.78, 5) is 5.16. The highest BCUT2D eigenvalue weighted by Crippen LogP contribution is 2.18. The van der Waals surface area contributed by atoms with E-state index >= 15 is 0 Å². The fraction of sp³-hybridized carbons (Fsp3) is 0.684. The molecular formula is C19H31N3O2. The Labute approximate surface area is 145 Å². The fourth-order valence-electron chi connectivity index (χ4n) is 3.45. The van der Waals surface area contributed by atoms with E-state index in [1.165, 1.54) is 32.6 Å². The third-order valence-electron chi connectivity index (χ3n) is 4.93. The molecule has 1 N–H and O–H groups in total. The van der Waals surface area contributed by atoms with Gasteiger partial charge in [-0.3, -0.25) is 9.80 Å². The van der Waals surface area contributed by atoms with Crippen molar-refractivity contribution in [2.24, 2.45) is 0 Å². The minimum Gasteiger partial charge on any atom is -0.494 e. The van der Waals surface area contributed by atoms with Crippen LogP contribution in [0.3, 0.4) is 0 Å². The maximum absolute atomic E-state index is 5.87. The van der Waals surface area contributed by atoms with E-state index in [0.29, 0.717) is 0 Å². The Morgan fingerprint density at radius 2 is 1.67 bits per heavy atom. The van der Waals surface area contributed by atoms with E-state index in [4.69, 9.17) is 9.47 Å². The maximum Gasteiger partial charge on any atom is 0.119 e. The predicted molar refractivity (Wildman–Crippen MR) is 97.0 cm³/mol. The molecule has 1 atom stereocenters. The number of nitrogens with one attached hydrogen (secondary N) is 1. The predicted octanol–water partition coefficient (Wildman–Crippen LogP) is 1.83. The van der Waals surface area contributed by atoms with Crippen molar-refractivity contribution in [1.29, 1.82) is 0 Å². The number of hydrogen-bond donors (Lipinski definition) is 1. The lowest BCUT2D eigenvalue weighted by atomic mass is 10.2. The normalized spacial score (nSPS) is 22.6. The monoisotopic (exact) mass is 333 g/mol. The fourth-order valence-corrected chi connectivity index (χ4v) is 3.45. The smallest absolute Gasteiger partial charge is 0.119 e. The zero-order chi connectivity index (χ0) is 16.6. The third kappa shape index (κ3) is 5.10. The minimum absolute atomic E-state index is 0.750. The first-order chi connectivity index (χ1) is 11.8. The molecule has 2 saturated heterocycles. The molecule has 1 unspecified atom stereocenters. The quantitative estimate of drug-likeness (QED) is 0.786.